The second kappa shape index (κ2) is 4.68. The van der Waals surface area contributed by atoms with Crippen molar-refractivity contribution >= 4 is 17.7 Å². The zero-order valence-corrected chi connectivity index (χ0v) is 9.04. The summed E-state index contributed by atoms with van der Waals surface area (Å²) in [7, 11) is 0. The number of carboxylic acids is 1. The second-order valence-corrected chi connectivity index (χ2v) is 4.96. The van der Waals surface area contributed by atoms with E-state index in [1.807, 2.05) is 18.2 Å². The van der Waals surface area contributed by atoms with E-state index in [2.05, 4.69) is 17.4 Å². The van der Waals surface area contributed by atoms with E-state index in [0.29, 0.717) is 11.7 Å². The Bertz CT molecular complexity index is 342. The van der Waals surface area contributed by atoms with Gasteiger partial charge in [-0.2, -0.15) is 0 Å². The normalized spacial score (nSPS) is 25.3. The molecule has 3 nitrogen and oxygen atoms in total. The smallest absolute Gasteiger partial charge is 0.320 e. The van der Waals surface area contributed by atoms with Gasteiger partial charge in [0.25, 0.3) is 0 Å². The van der Waals surface area contributed by atoms with E-state index >= 15 is 0 Å². The lowest BCUT2D eigenvalue weighted by atomic mass is 10.2. The Morgan fingerprint density at radius 3 is 2.73 bits per heavy atom. The first-order valence-corrected chi connectivity index (χ1v) is 5.81. The minimum absolute atomic E-state index is 0.369. The molecule has 0 aliphatic carbocycles. The molecule has 1 fully saturated rings. The third-order valence-electron chi connectivity index (χ3n) is 2.43. The summed E-state index contributed by atoms with van der Waals surface area (Å²) in [6.07, 6.45) is 0.703. The number of carboxylic acid groups (broad SMARTS) is 1. The van der Waals surface area contributed by atoms with E-state index in [0.717, 1.165) is 6.54 Å². The zero-order valence-electron chi connectivity index (χ0n) is 8.22. The van der Waals surface area contributed by atoms with Crippen LogP contribution in [0.1, 0.15) is 6.42 Å². The zero-order chi connectivity index (χ0) is 10.7. The second-order valence-electron chi connectivity index (χ2n) is 3.59. The standard InChI is InChI=1S/C11H13NO2S/c13-11(14)10-6-9(7-12-10)15-8-4-2-1-3-5-8/h1-5,9-10,12H,6-7H2,(H,13,14)/t9-,10?/m0/s1. The highest BCUT2D eigenvalue weighted by Crippen LogP contribution is 2.28. The van der Waals surface area contributed by atoms with Gasteiger partial charge in [0.15, 0.2) is 0 Å². The van der Waals surface area contributed by atoms with Gasteiger partial charge >= 0.3 is 5.97 Å². The summed E-state index contributed by atoms with van der Waals surface area (Å²) in [6, 6.07) is 9.72. The first-order valence-electron chi connectivity index (χ1n) is 4.93. The summed E-state index contributed by atoms with van der Waals surface area (Å²) in [5.41, 5.74) is 0. The van der Waals surface area contributed by atoms with E-state index in [1.54, 1.807) is 11.8 Å². The number of thioether (sulfide) groups is 1. The maximum Gasteiger partial charge on any atom is 0.320 e. The molecule has 15 heavy (non-hydrogen) atoms. The van der Waals surface area contributed by atoms with Crippen LogP contribution in [0.15, 0.2) is 35.2 Å². The van der Waals surface area contributed by atoms with E-state index in [1.165, 1.54) is 4.90 Å². The van der Waals surface area contributed by atoms with Crippen LogP contribution < -0.4 is 5.32 Å². The van der Waals surface area contributed by atoms with Gasteiger partial charge in [-0.15, -0.1) is 11.8 Å². The van der Waals surface area contributed by atoms with Crippen molar-refractivity contribution in [1.82, 2.24) is 5.32 Å². The summed E-state index contributed by atoms with van der Waals surface area (Å²) >= 11 is 1.75. The van der Waals surface area contributed by atoms with Gasteiger partial charge in [-0.05, 0) is 18.6 Å². The Morgan fingerprint density at radius 2 is 2.13 bits per heavy atom. The fourth-order valence-electron chi connectivity index (χ4n) is 1.67. The van der Waals surface area contributed by atoms with Gasteiger partial charge in [-0.3, -0.25) is 4.79 Å². The lowest BCUT2D eigenvalue weighted by Crippen LogP contribution is -2.29. The highest BCUT2D eigenvalue weighted by molar-refractivity contribution is 8.00. The van der Waals surface area contributed by atoms with Crippen molar-refractivity contribution < 1.29 is 9.90 Å². The Labute approximate surface area is 92.9 Å². The van der Waals surface area contributed by atoms with Gasteiger partial charge in [-0.1, -0.05) is 18.2 Å². The molecule has 1 saturated heterocycles. The fourth-order valence-corrected chi connectivity index (χ4v) is 2.84. The molecule has 1 heterocycles. The van der Waals surface area contributed by atoms with E-state index < -0.39 is 5.97 Å². The van der Waals surface area contributed by atoms with E-state index in [4.69, 9.17) is 5.11 Å². The van der Waals surface area contributed by atoms with Crippen LogP contribution in [0.25, 0.3) is 0 Å². The molecule has 1 aliphatic heterocycles. The summed E-state index contributed by atoms with van der Waals surface area (Å²) in [4.78, 5) is 11.9. The molecule has 0 aromatic heterocycles. The quantitative estimate of drug-likeness (QED) is 0.817. The first-order chi connectivity index (χ1) is 7.25. The molecule has 4 heteroatoms. The van der Waals surface area contributed by atoms with Crippen LogP contribution in [0.3, 0.4) is 0 Å². The molecular formula is C11H13NO2S. The van der Waals surface area contributed by atoms with Crippen LogP contribution in [0, 0.1) is 0 Å². The van der Waals surface area contributed by atoms with Crippen LogP contribution >= 0.6 is 11.8 Å². The third-order valence-corrected chi connectivity index (χ3v) is 3.67. The molecule has 1 aromatic rings. The van der Waals surface area contributed by atoms with Gasteiger partial charge in [-0.25, -0.2) is 0 Å². The Balaban J connectivity index is 1.90. The number of aliphatic carboxylic acids is 1. The van der Waals surface area contributed by atoms with Crippen molar-refractivity contribution in [1.29, 1.82) is 0 Å². The van der Waals surface area contributed by atoms with Crippen molar-refractivity contribution in [2.24, 2.45) is 0 Å². The molecule has 0 radical (unpaired) electrons. The van der Waals surface area contributed by atoms with Gasteiger partial charge in [0.1, 0.15) is 6.04 Å². The molecule has 1 unspecified atom stereocenters. The number of hydrogen-bond donors (Lipinski definition) is 2. The molecule has 2 rings (SSSR count). The molecule has 0 spiro atoms. The summed E-state index contributed by atoms with van der Waals surface area (Å²) in [5, 5.41) is 12.2. The van der Waals surface area contributed by atoms with Gasteiger partial charge in [0.05, 0.1) is 0 Å². The maximum absolute atomic E-state index is 10.7. The molecule has 0 saturated carbocycles. The van der Waals surface area contributed by atoms with Crippen molar-refractivity contribution in [3.05, 3.63) is 30.3 Å². The largest absolute Gasteiger partial charge is 0.480 e. The van der Waals surface area contributed by atoms with Crippen LogP contribution in [-0.4, -0.2) is 28.9 Å². The Morgan fingerprint density at radius 1 is 1.40 bits per heavy atom. The predicted octanol–water partition coefficient (Wildman–Crippen LogP) is 1.59. The Hall–Kier alpha value is -1.00. The number of benzene rings is 1. The van der Waals surface area contributed by atoms with Crippen LogP contribution in [0.5, 0.6) is 0 Å². The molecule has 2 atom stereocenters. The summed E-state index contributed by atoms with van der Waals surface area (Å²) in [5.74, 6) is -0.744. The minimum atomic E-state index is -0.744. The topological polar surface area (TPSA) is 49.3 Å². The van der Waals surface area contributed by atoms with Crippen LogP contribution in [0.2, 0.25) is 0 Å². The van der Waals surface area contributed by atoms with Crippen LogP contribution in [-0.2, 0) is 4.79 Å². The SMILES string of the molecule is O=C(O)C1C[C@H](Sc2ccccc2)CN1. The Kier molecular flexibility index (Phi) is 3.28. The minimum Gasteiger partial charge on any atom is -0.480 e. The maximum atomic E-state index is 10.7. The lowest BCUT2D eigenvalue weighted by Gasteiger charge is -2.07. The third kappa shape index (κ3) is 2.73. The van der Waals surface area contributed by atoms with E-state index in [-0.39, 0.29) is 6.04 Å². The highest BCUT2D eigenvalue weighted by atomic mass is 32.2. The number of rotatable bonds is 3. The molecule has 0 bridgehead atoms. The van der Waals surface area contributed by atoms with Crippen molar-refractivity contribution in [3.63, 3.8) is 0 Å². The molecule has 2 N–H and O–H groups in total. The molecule has 80 valence electrons. The average Bonchev–Trinajstić information content (AvgIpc) is 2.68. The number of nitrogens with one attached hydrogen (secondary N) is 1. The van der Waals surface area contributed by atoms with Gasteiger partial charge < -0.3 is 10.4 Å². The van der Waals surface area contributed by atoms with Crippen molar-refractivity contribution in [2.45, 2.75) is 22.6 Å². The van der Waals surface area contributed by atoms with Crippen molar-refractivity contribution in [2.75, 3.05) is 6.54 Å². The van der Waals surface area contributed by atoms with Crippen LogP contribution in [0.4, 0.5) is 0 Å². The average molecular weight is 223 g/mol. The molecule has 1 aliphatic rings. The number of carbonyl (C=O) groups is 1. The number of hydrogen-bond acceptors (Lipinski definition) is 3. The molecular weight excluding hydrogens is 210 g/mol. The highest BCUT2D eigenvalue weighted by Gasteiger charge is 2.29. The fraction of sp³-hybridized carbons (Fsp3) is 0.364. The lowest BCUT2D eigenvalue weighted by molar-refractivity contribution is -0.139. The summed E-state index contributed by atoms with van der Waals surface area (Å²) in [6.45, 7) is 0.774. The monoisotopic (exact) mass is 223 g/mol. The molecule has 0 amide bonds. The molecule has 1 aromatic carbocycles. The van der Waals surface area contributed by atoms with Crippen molar-refractivity contribution in [3.8, 4) is 0 Å². The first kappa shape index (κ1) is 10.5. The van der Waals surface area contributed by atoms with Gasteiger partial charge in [0, 0.05) is 16.7 Å². The summed E-state index contributed by atoms with van der Waals surface area (Å²) < 4.78 is 0. The van der Waals surface area contributed by atoms with E-state index in [9.17, 15) is 4.79 Å². The predicted molar refractivity (Wildman–Crippen MR) is 60.1 cm³/mol. The van der Waals surface area contributed by atoms with Gasteiger partial charge in [0.2, 0.25) is 0 Å².